The quantitative estimate of drug-likeness (QED) is 0.278. The van der Waals surface area contributed by atoms with Gasteiger partial charge in [0.15, 0.2) is 4.34 Å². The Kier molecular flexibility index (Phi) is 7.32. The summed E-state index contributed by atoms with van der Waals surface area (Å²) in [7, 11) is 1.78. The predicted octanol–water partition coefficient (Wildman–Crippen LogP) is 3.75. The van der Waals surface area contributed by atoms with Crippen LogP contribution in [0.25, 0.3) is 5.69 Å². The Labute approximate surface area is 205 Å². The molecule has 1 aromatic carbocycles. The Bertz CT molecular complexity index is 1280. The maximum atomic E-state index is 13.0. The van der Waals surface area contributed by atoms with Crippen LogP contribution in [0.5, 0.6) is 0 Å². The van der Waals surface area contributed by atoms with Crippen LogP contribution in [0.4, 0.5) is 10.8 Å². The number of nitrogens with one attached hydrogen (secondary N) is 2. The van der Waals surface area contributed by atoms with Gasteiger partial charge >= 0.3 is 0 Å². The average Bonchev–Trinajstić information content (AvgIpc) is 3.53. The summed E-state index contributed by atoms with van der Waals surface area (Å²) < 4.78 is 3.79. The Morgan fingerprint density at radius 1 is 1.24 bits per heavy atom. The fourth-order valence-corrected chi connectivity index (χ4v) is 5.64. The highest BCUT2D eigenvalue weighted by Gasteiger charge is 2.23. The molecule has 4 rings (SSSR count). The van der Waals surface area contributed by atoms with Gasteiger partial charge in [0.2, 0.25) is 16.9 Å². The van der Waals surface area contributed by atoms with E-state index in [1.165, 1.54) is 27.8 Å². The van der Waals surface area contributed by atoms with Gasteiger partial charge in [-0.1, -0.05) is 53.4 Å². The van der Waals surface area contributed by atoms with Crippen LogP contribution in [0.3, 0.4) is 0 Å². The summed E-state index contributed by atoms with van der Waals surface area (Å²) in [6, 6.07) is 9.25. The third-order valence-corrected chi connectivity index (χ3v) is 7.68. The van der Waals surface area contributed by atoms with Crippen LogP contribution in [-0.2, 0) is 16.6 Å². The molecule has 0 saturated carbocycles. The molecule has 9 nitrogen and oxygen atoms in total. The van der Waals surface area contributed by atoms with Gasteiger partial charge < -0.3 is 10.6 Å². The number of allylic oxidation sites excluding steroid dienone is 2. The van der Waals surface area contributed by atoms with Gasteiger partial charge in [0.1, 0.15) is 5.69 Å². The van der Waals surface area contributed by atoms with E-state index in [1.807, 2.05) is 30.3 Å². The molecule has 0 radical (unpaired) electrons. The van der Waals surface area contributed by atoms with Crippen molar-refractivity contribution in [3.05, 3.63) is 58.5 Å². The van der Waals surface area contributed by atoms with Crippen LogP contribution >= 0.6 is 23.1 Å². The maximum Gasteiger partial charge on any atom is 0.295 e. The molecule has 0 unspecified atom stereocenters. The fourth-order valence-electron chi connectivity index (χ4n) is 3.72. The third kappa shape index (κ3) is 5.31. The summed E-state index contributed by atoms with van der Waals surface area (Å²) in [5.41, 5.74) is 1.32. The second-order valence-electron chi connectivity index (χ2n) is 8.08. The summed E-state index contributed by atoms with van der Waals surface area (Å²) >= 11 is 2.45. The van der Waals surface area contributed by atoms with E-state index in [0.717, 1.165) is 12.8 Å². The number of thioether (sulfide) groups is 1. The molecule has 2 aromatic heterocycles. The number of benzene rings is 1. The van der Waals surface area contributed by atoms with Crippen LogP contribution in [0.2, 0.25) is 0 Å². The van der Waals surface area contributed by atoms with E-state index in [4.69, 9.17) is 0 Å². The zero-order valence-corrected chi connectivity index (χ0v) is 20.8. The van der Waals surface area contributed by atoms with Crippen molar-refractivity contribution in [2.45, 2.75) is 42.7 Å². The highest BCUT2D eigenvalue weighted by molar-refractivity contribution is 8.02. The molecule has 0 saturated heterocycles. The lowest BCUT2D eigenvalue weighted by Gasteiger charge is -2.09. The molecule has 2 N–H and O–H groups in total. The van der Waals surface area contributed by atoms with Crippen molar-refractivity contribution in [2.24, 2.45) is 13.0 Å². The van der Waals surface area contributed by atoms with Gasteiger partial charge in [-0.3, -0.25) is 19.1 Å². The lowest BCUT2D eigenvalue weighted by Crippen LogP contribution is -2.27. The summed E-state index contributed by atoms with van der Waals surface area (Å²) in [5, 5.41) is 13.5. The Hall–Kier alpha value is -3.18. The number of aromatic nitrogens is 4. The first kappa shape index (κ1) is 24.0. The molecule has 0 aliphatic heterocycles. The molecule has 2 amide bonds. The predicted molar refractivity (Wildman–Crippen MR) is 135 cm³/mol. The van der Waals surface area contributed by atoms with Crippen LogP contribution < -0.4 is 16.2 Å². The summed E-state index contributed by atoms with van der Waals surface area (Å²) in [6.45, 7) is 3.52. The normalized spacial score (nSPS) is 15.9. The number of hydrogen-bond donors (Lipinski definition) is 2. The molecular formula is C23H26N6O3S2. The van der Waals surface area contributed by atoms with Gasteiger partial charge in [-0.25, -0.2) is 4.68 Å². The number of para-hydroxylation sites is 1. The van der Waals surface area contributed by atoms with Crippen molar-refractivity contribution in [1.29, 1.82) is 0 Å². The van der Waals surface area contributed by atoms with Gasteiger partial charge in [0.05, 0.1) is 16.6 Å². The van der Waals surface area contributed by atoms with Gasteiger partial charge in [-0.15, -0.1) is 10.2 Å². The van der Waals surface area contributed by atoms with E-state index >= 15 is 0 Å². The third-order valence-electron chi connectivity index (χ3n) is 5.66. The summed E-state index contributed by atoms with van der Waals surface area (Å²) in [5.74, 6) is -0.132. The lowest BCUT2D eigenvalue weighted by molar-refractivity contribution is -0.117. The first-order valence-electron chi connectivity index (χ1n) is 10.9. The zero-order valence-electron chi connectivity index (χ0n) is 19.1. The number of carbonyl (C=O) groups excluding carboxylic acids is 2. The number of rotatable bonds is 8. The monoisotopic (exact) mass is 498 g/mol. The largest absolute Gasteiger partial charge is 0.319 e. The smallest absolute Gasteiger partial charge is 0.295 e. The molecule has 11 heteroatoms. The molecule has 1 aliphatic rings. The molecule has 2 atom stereocenters. The van der Waals surface area contributed by atoms with Crippen molar-refractivity contribution < 1.29 is 9.59 Å². The first-order valence-corrected chi connectivity index (χ1v) is 12.6. The molecule has 1 aliphatic carbocycles. The molecule has 34 heavy (non-hydrogen) atoms. The van der Waals surface area contributed by atoms with Crippen molar-refractivity contribution in [3.8, 4) is 5.69 Å². The SMILES string of the molecule is Cc1c(NC(=O)[C@@H](C)Sc2nnc(NC(=O)C[C@@H]3C=CCC3)s2)c(=O)n(-c2ccccc2)n1C. The van der Waals surface area contributed by atoms with E-state index in [2.05, 4.69) is 33.0 Å². The van der Waals surface area contributed by atoms with Gasteiger partial charge in [0.25, 0.3) is 5.56 Å². The van der Waals surface area contributed by atoms with Gasteiger partial charge in [0, 0.05) is 13.5 Å². The van der Waals surface area contributed by atoms with Crippen molar-refractivity contribution in [1.82, 2.24) is 19.6 Å². The fraction of sp³-hybridized carbons (Fsp3) is 0.348. The van der Waals surface area contributed by atoms with E-state index in [9.17, 15) is 14.4 Å². The van der Waals surface area contributed by atoms with Crippen LogP contribution in [-0.4, -0.2) is 36.6 Å². The molecule has 0 fully saturated rings. The number of carbonyl (C=O) groups is 2. The molecule has 0 spiro atoms. The molecule has 178 valence electrons. The second-order valence-corrected chi connectivity index (χ2v) is 10.6. The minimum absolute atomic E-state index is 0.0933. The van der Waals surface area contributed by atoms with E-state index < -0.39 is 5.25 Å². The van der Waals surface area contributed by atoms with Crippen molar-refractivity contribution >= 4 is 45.7 Å². The summed E-state index contributed by atoms with van der Waals surface area (Å²) in [4.78, 5) is 38.1. The van der Waals surface area contributed by atoms with Crippen molar-refractivity contribution in [3.63, 3.8) is 0 Å². The number of hydrogen-bond acceptors (Lipinski definition) is 7. The van der Waals surface area contributed by atoms with Crippen LogP contribution in [0.15, 0.2) is 51.6 Å². The first-order chi connectivity index (χ1) is 16.3. The topological polar surface area (TPSA) is 111 Å². The molecule has 2 heterocycles. The molecular weight excluding hydrogens is 472 g/mol. The zero-order chi connectivity index (χ0) is 24.2. The maximum absolute atomic E-state index is 13.0. The molecule has 3 aromatic rings. The highest BCUT2D eigenvalue weighted by atomic mass is 32.2. The van der Waals surface area contributed by atoms with Crippen molar-refractivity contribution in [2.75, 3.05) is 10.6 Å². The Balaban J connectivity index is 1.38. The lowest BCUT2D eigenvalue weighted by atomic mass is 10.1. The van der Waals surface area contributed by atoms with E-state index in [0.29, 0.717) is 27.3 Å². The molecule has 0 bridgehead atoms. The minimum Gasteiger partial charge on any atom is -0.319 e. The Morgan fingerprint density at radius 2 is 2.00 bits per heavy atom. The van der Waals surface area contributed by atoms with E-state index in [-0.39, 0.29) is 29.0 Å². The minimum atomic E-state index is -0.524. The van der Waals surface area contributed by atoms with Crippen LogP contribution in [0.1, 0.15) is 31.9 Å². The standard InChI is InChI=1S/C23H26N6O3S2/c1-14-19(21(32)29(28(14)3)17-11-5-4-6-12-17)25-20(31)15(2)33-23-27-26-22(34-23)24-18(30)13-16-9-7-8-10-16/h4-7,9,11-12,15-16H,8,10,13H2,1-3H3,(H,25,31)(H,24,26,30)/t15-,16-/m1/s1. The Morgan fingerprint density at radius 3 is 2.71 bits per heavy atom. The number of anilines is 2. The van der Waals surface area contributed by atoms with Crippen LogP contribution in [0, 0.1) is 12.8 Å². The van der Waals surface area contributed by atoms with Gasteiger partial charge in [-0.2, -0.15) is 0 Å². The number of amides is 2. The van der Waals surface area contributed by atoms with E-state index in [1.54, 1.807) is 25.6 Å². The number of nitrogens with zero attached hydrogens (tertiary/aromatic N) is 4. The summed E-state index contributed by atoms with van der Waals surface area (Å²) in [6.07, 6.45) is 6.60. The average molecular weight is 499 g/mol. The highest BCUT2D eigenvalue weighted by Crippen LogP contribution is 2.30. The second kappa shape index (κ2) is 10.4. The van der Waals surface area contributed by atoms with Gasteiger partial charge in [-0.05, 0) is 44.7 Å².